The number of hydrogen-bond donors (Lipinski definition) is 2. The summed E-state index contributed by atoms with van der Waals surface area (Å²) in [6.07, 6.45) is 0.554. The summed E-state index contributed by atoms with van der Waals surface area (Å²) < 4.78 is 3.64. The van der Waals surface area contributed by atoms with Gasteiger partial charge in [0.05, 0.1) is 5.69 Å². The molecule has 90 valence electrons. The third-order valence-corrected chi connectivity index (χ3v) is 3.23. The van der Waals surface area contributed by atoms with Crippen molar-refractivity contribution in [1.82, 2.24) is 20.2 Å². The Morgan fingerprint density at radius 2 is 2.29 bits per heavy atom. The predicted molar refractivity (Wildman–Crippen MR) is 58.3 cm³/mol. The van der Waals surface area contributed by atoms with E-state index in [2.05, 4.69) is 20.2 Å². The minimum atomic E-state index is -0.665. The summed E-state index contributed by atoms with van der Waals surface area (Å²) in [5, 5.41) is 8.45. The average Bonchev–Trinajstić information content (AvgIpc) is 2.68. The van der Waals surface area contributed by atoms with Crippen LogP contribution in [-0.2, 0) is 9.59 Å². The molecule has 0 radical (unpaired) electrons. The van der Waals surface area contributed by atoms with Crippen LogP contribution in [0, 0.1) is 6.92 Å². The first kappa shape index (κ1) is 11.6. The van der Waals surface area contributed by atoms with Gasteiger partial charge in [-0.3, -0.25) is 19.7 Å². The van der Waals surface area contributed by atoms with E-state index in [1.807, 2.05) is 0 Å². The molecule has 3 amide bonds. The molecule has 1 atom stereocenters. The van der Waals surface area contributed by atoms with E-state index in [9.17, 15) is 14.4 Å². The van der Waals surface area contributed by atoms with E-state index in [1.54, 1.807) is 6.92 Å². The second-order valence-corrected chi connectivity index (χ2v) is 4.42. The van der Waals surface area contributed by atoms with Crippen LogP contribution in [0.4, 0.5) is 0 Å². The van der Waals surface area contributed by atoms with Gasteiger partial charge in [0, 0.05) is 6.42 Å². The van der Waals surface area contributed by atoms with Gasteiger partial charge in [0.1, 0.15) is 10.9 Å². The fraction of sp³-hybridized carbons (Fsp3) is 0.444. The molecule has 17 heavy (non-hydrogen) atoms. The lowest BCUT2D eigenvalue weighted by atomic mass is 10.1. The van der Waals surface area contributed by atoms with E-state index in [-0.39, 0.29) is 18.2 Å². The maximum Gasteiger partial charge on any atom is 0.265 e. The van der Waals surface area contributed by atoms with E-state index in [4.69, 9.17) is 0 Å². The topological polar surface area (TPSA) is 101 Å². The summed E-state index contributed by atoms with van der Waals surface area (Å²) in [4.78, 5) is 34.5. The van der Waals surface area contributed by atoms with Gasteiger partial charge < -0.3 is 5.32 Å². The molecule has 8 heteroatoms. The monoisotopic (exact) mass is 254 g/mol. The standard InChI is InChI=1S/C9H10N4O3S/c1-4-7(17-13-12-4)9(16)10-5-2-3-6(14)11-8(5)15/h5H,2-3H2,1H3,(H,10,16)(H,11,14,15). The smallest absolute Gasteiger partial charge is 0.265 e. The van der Waals surface area contributed by atoms with Gasteiger partial charge in [-0.1, -0.05) is 4.49 Å². The number of nitrogens with zero attached hydrogens (tertiary/aromatic N) is 2. The van der Waals surface area contributed by atoms with Crippen LogP contribution in [0.1, 0.15) is 28.2 Å². The first-order chi connectivity index (χ1) is 8.08. The molecule has 0 bridgehead atoms. The fourth-order valence-electron chi connectivity index (χ4n) is 1.49. The summed E-state index contributed by atoms with van der Waals surface area (Å²) in [5.74, 6) is -1.16. The largest absolute Gasteiger partial charge is 0.339 e. The normalized spacial score (nSPS) is 19.9. The van der Waals surface area contributed by atoms with Gasteiger partial charge >= 0.3 is 0 Å². The molecular formula is C9H10N4O3S. The Labute approximate surface area is 101 Å². The molecule has 1 fully saturated rings. The zero-order valence-electron chi connectivity index (χ0n) is 9.02. The Morgan fingerprint density at radius 3 is 2.88 bits per heavy atom. The van der Waals surface area contributed by atoms with Crippen molar-refractivity contribution in [2.45, 2.75) is 25.8 Å². The van der Waals surface area contributed by atoms with Crippen LogP contribution in [-0.4, -0.2) is 33.4 Å². The highest BCUT2D eigenvalue weighted by Crippen LogP contribution is 2.11. The number of imide groups is 1. The second-order valence-electron chi connectivity index (χ2n) is 3.66. The average molecular weight is 254 g/mol. The second kappa shape index (κ2) is 4.58. The summed E-state index contributed by atoms with van der Waals surface area (Å²) in [6, 6.07) is -0.665. The van der Waals surface area contributed by atoms with E-state index in [1.165, 1.54) is 0 Å². The zero-order valence-corrected chi connectivity index (χ0v) is 9.84. The highest BCUT2D eigenvalue weighted by atomic mass is 32.1. The molecule has 1 aromatic heterocycles. The number of carbonyl (C=O) groups is 3. The molecule has 1 unspecified atom stereocenters. The third-order valence-electron chi connectivity index (χ3n) is 2.40. The summed E-state index contributed by atoms with van der Waals surface area (Å²) in [6.45, 7) is 1.67. The number of rotatable bonds is 2. The minimum Gasteiger partial charge on any atom is -0.339 e. The number of piperidine rings is 1. The van der Waals surface area contributed by atoms with Gasteiger partial charge in [0.2, 0.25) is 11.8 Å². The molecule has 1 aromatic rings. The van der Waals surface area contributed by atoms with Crippen molar-refractivity contribution in [3.05, 3.63) is 10.6 Å². The van der Waals surface area contributed by atoms with Crippen LogP contribution in [0.2, 0.25) is 0 Å². The number of amides is 3. The first-order valence-corrected chi connectivity index (χ1v) is 5.79. The van der Waals surface area contributed by atoms with E-state index in [0.717, 1.165) is 11.5 Å². The number of nitrogens with one attached hydrogen (secondary N) is 2. The maximum absolute atomic E-state index is 11.8. The number of aromatic nitrogens is 2. The molecule has 1 saturated heterocycles. The van der Waals surface area contributed by atoms with Gasteiger partial charge in [-0.25, -0.2) is 0 Å². The van der Waals surface area contributed by atoms with Gasteiger partial charge in [-0.05, 0) is 24.9 Å². The Balaban J connectivity index is 2.02. The van der Waals surface area contributed by atoms with E-state index < -0.39 is 11.9 Å². The van der Waals surface area contributed by atoms with Crippen molar-refractivity contribution >= 4 is 29.3 Å². The highest BCUT2D eigenvalue weighted by Gasteiger charge is 2.28. The molecule has 1 aliphatic heterocycles. The third kappa shape index (κ3) is 2.47. The Kier molecular flexibility index (Phi) is 3.14. The molecule has 7 nitrogen and oxygen atoms in total. The molecule has 0 aromatic carbocycles. The summed E-state index contributed by atoms with van der Waals surface area (Å²) in [5.41, 5.74) is 0.528. The Bertz CT molecular complexity index is 484. The van der Waals surface area contributed by atoms with Crippen LogP contribution in [0.25, 0.3) is 0 Å². The lowest BCUT2D eigenvalue weighted by Crippen LogP contribution is -2.52. The SMILES string of the molecule is Cc1nnsc1C(=O)NC1CCC(=O)NC1=O. The fourth-order valence-corrected chi connectivity index (χ4v) is 2.05. The van der Waals surface area contributed by atoms with E-state index in [0.29, 0.717) is 17.0 Å². The van der Waals surface area contributed by atoms with Gasteiger partial charge in [-0.15, -0.1) is 5.10 Å². The van der Waals surface area contributed by atoms with Crippen LogP contribution >= 0.6 is 11.5 Å². The lowest BCUT2D eigenvalue weighted by molar-refractivity contribution is -0.134. The van der Waals surface area contributed by atoms with Crippen LogP contribution in [0.5, 0.6) is 0 Å². The summed E-state index contributed by atoms with van der Waals surface area (Å²) in [7, 11) is 0. The number of carbonyl (C=O) groups excluding carboxylic acids is 3. The number of aryl methyl sites for hydroxylation is 1. The number of hydrogen-bond acceptors (Lipinski definition) is 6. The molecule has 0 aliphatic carbocycles. The van der Waals surface area contributed by atoms with Crippen molar-refractivity contribution < 1.29 is 14.4 Å². The zero-order chi connectivity index (χ0) is 12.4. The van der Waals surface area contributed by atoms with Crippen LogP contribution in [0.3, 0.4) is 0 Å². The first-order valence-electron chi connectivity index (χ1n) is 5.01. The minimum absolute atomic E-state index is 0.233. The van der Waals surface area contributed by atoms with Crippen molar-refractivity contribution in [3.8, 4) is 0 Å². The molecule has 0 saturated carbocycles. The molecular weight excluding hydrogens is 244 g/mol. The van der Waals surface area contributed by atoms with Crippen molar-refractivity contribution in [1.29, 1.82) is 0 Å². The maximum atomic E-state index is 11.8. The Morgan fingerprint density at radius 1 is 1.53 bits per heavy atom. The molecule has 0 spiro atoms. The van der Waals surface area contributed by atoms with Crippen LogP contribution < -0.4 is 10.6 Å². The lowest BCUT2D eigenvalue weighted by Gasteiger charge is -2.21. The van der Waals surface area contributed by atoms with Gasteiger partial charge in [0.25, 0.3) is 5.91 Å². The highest BCUT2D eigenvalue weighted by molar-refractivity contribution is 7.08. The van der Waals surface area contributed by atoms with Crippen molar-refractivity contribution in [2.75, 3.05) is 0 Å². The molecule has 2 N–H and O–H groups in total. The van der Waals surface area contributed by atoms with Crippen molar-refractivity contribution in [3.63, 3.8) is 0 Å². The molecule has 2 heterocycles. The van der Waals surface area contributed by atoms with Crippen molar-refractivity contribution in [2.24, 2.45) is 0 Å². The van der Waals surface area contributed by atoms with E-state index >= 15 is 0 Å². The molecule has 1 aliphatic rings. The predicted octanol–water partition coefficient (Wildman–Crippen LogP) is -0.618. The summed E-state index contributed by atoms with van der Waals surface area (Å²) >= 11 is 0.976. The van der Waals surface area contributed by atoms with Gasteiger partial charge in [0.15, 0.2) is 0 Å². The Hall–Kier alpha value is -1.83. The van der Waals surface area contributed by atoms with Crippen LogP contribution in [0.15, 0.2) is 0 Å². The quantitative estimate of drug-likeness (QED) is 0.685. The molecule has 2 rings (SSSR count). The van der Waals surface area contributed by atoms with Gasteiger partial charge in [-0.2, -0.15) is 0 Å².